The number of ether oxygens (including phenoxy) is 1. The highest BCUT2D eigenvalue weighted by molar-refractivity contribution is 6.33. The van der Waals surface area contributed by atoms with Gasteiger partial charge in [0.25, 0.3) is 0 Å². The molecule has 0 unspecified atom stereocenters. The number of halogens is 1. The van der Waals surface area contributed by atoms with Crippen LogP contribution in [0, 0.1) is 0 Å². The monoisotopic (exact) mass is 475 g/mol. The molecule has 0 spiro atoms. The van der Waals surface area contributed by atoms with Crippen LogP contribution in [0.25, 0.3) is 5.57 Å². The topological polar surface area (TPSA) is 123 Å². The van der Waals surface area contributed by atoms with Crippen molar-refractivity contribution in [3.05, 3.63) is 65.2 Å². The lowest BCUT2D eigenvalue weighted by atomic mass is 9.92. The van der Waals surface area contributed by atoms with Gasteiger partial charge < -0.3 is 36.0 Å². The van der Waals surface area contributed by atoms with Crippen molar-refractivity contribution in [2.24, 2.45) is 0 Å². The summed E-state index contributed by atoms with van der Waals surface area (Å²) in [6.45, 7) is 9.56. The molecule has 9 heteroatoms. The number of aliphatic hydroxyl groups is 3. The number of rotatable bonds is 6. The molecule has 1 saturated heterocycles. The molecule has 0 aliphatic carbocycles. The molecule has 0 aromatic heterocycles. The number of anilines is 2. The van der Waals surface area contributed by atoms with Crippen LogP contribution >= 0.6 is 11.6 Å². The molecule has 0 bridgehead atoms. The van der Waals surface area contributed by atoms with E-state index in [-0.39, 0.29) is 6.61 Å². The second-order valence-electron chi connectivity index (χ2n) is 8.71. The van der Waals surface area contributed by atoms with E-state index in [1.807, 2.05) is 45.0 Å². The number of carbonyl (C=O) groups is 1. The highest BCUT2D eigenvalue weighted by Gasteiger charge is 2.37. The maximum Gasteiger partial charge on any atom is 0.319 e. The third-order valence-electron chi connectivity index (χ3n) is 5.53. The first-order valence-electron chi connectivity index (χ1n) is 10.6. The number of nitrogens with one attached hydrogen (secondary N) is 3. The van der Waals surface area contributed by atoms with Crippen molar-refractivity contribution in [2.75, 3.05) is 17.2 Å². The van der Waals surface area contributed by atoms with Crippen LogP contribution in [-0.2, 0) is 10.3 Å². The number of allylic oxidation sites excluding steroid dienone is 1. The molecule has 2 aromatic carbocycles. The molecule has 1 fully saturated rings. The van der Waals surface area contributed by atoms with E-state index in [4.69, 9.17) is 16.3 Å². The summed E-state index contributed by atoms with van der Waals surface area (Å²) in [5.41, 5.74) is 3.06. The molecule has 178 valence electrons. The Bertz CT molecular complexity index is 1030. The van der Waals surface area contributed by atoms with E-state index in [1.165, 1.54) is 0 Å². The zero-order valence-electron chi connectivity index (χ0n) is 18.8. The summed E-state index contributed by atoms with van der Waals surface area (Å²) in [6.07, 6.45) is -4.87. The number of amides is 2. The van der Waals surface area contributed by atoms with Crippen LogP contribution in [-0.4, -0.2) is 52.5 Å². The fourth-order valence-electron chi connectivity index (χ4n) is 3.49. The van der Waals surface area contributed by atoms with E-state index in [0.717, 1.165) is 16.7 Å². The lowest BCUT2D eigenvalue weighted by Crippen LogP contribution is -2.55. The lowest BCUT2D eigenvalue weighted by molar-refractivity contribution is -0.178. The lowest BCUT2D eigenvalue weighted by Gasteiger charge is -2.36. The molecule has 2 aromatic rings. The van der Waals surface area contributed by atoms with Crippen molar-refractivity contribution >= 4 is 34.6 Å². The average Bonchev–Trinajstić information content (AvgIpc) is 2.76. The minimum Gasteiger partial charge on any atom is -0.388 e. The Morgan fingerprint density at radius 2 is 1.88 bits per heavy atom. The van der Waals surface area contributed by atoms with Gasteiger partial charge in [-0.15, -0.1) is 0 Å². The Hall–Kier alpha value is -2.62. The van der Waals surface area contributed by atoms with Crippen LogP contribution in [0.15, 0.2) is 49.0 Å². The number of urea groups is 1. The van der Waals surface area contributed by atoms with Gasteiger partial charge in [0.05, 0.1) is 22.9 Å². The Balaban J connectivity index is 1.69. The van der Waals surface area contributed by atoms with Crippen molar-refractivity contribution in [3.8, 4) is 0 Å². The molecule has 3 rings (SSSR count). The van der Waals surface area contributed by atoms with Crippen molar-refractivity contribution in [3.63, 3.8) is 0 Å². The van der Waals surface area contributed by atoms with E-state index >= 15 is 0 Å². The van der Waals surface area contributed by atoms with Crippen molar-refractivity contribution in [1.82, 2.24) is 5.32 Å². The number of hydrogen-bond acceptors (Lipinski definition) is 6. The van der Waals surface area contributed by atoms with Gasteiger partial charge in [0.1, 0.15) is 18.3 Å². The summed E-state index contributed by atoms with van der Waals surface area (Å²) in [7, 11) is 0. The predicted molar refractivity (Wildman–Crippen MR) is 129 cm³/mol. The Morgan fingerprint density at radius 3 is 2.58 bits per heavy atom. The first-order valence-corrected chi connectivity index (χ1v) is 10.9. The summed E-state index contributed by atoms with van der Waals surface area (Å²) < 4.78 is 5.36. The van der Waals surface area contributed by atoms with Crippen LogP contribution in [0.1, 0.15) is 31.9 Å². The van der Waals surface area contributed by atoms with E-state index in [1.54, 1.807) is 18.2 Å². The number of aliphatic hydroxyl groups excluding tert-OH is 3. The first kappa shape index (κ1) is 25.0. The minimum absolute atomic E-state index is 0.143. The molecule has 1 heterocycles. The highest BCUT2D eigenvalue weighted by atomic mass is 35.5. The van der Waals surface area contributed by atoms with Crippen LogP contribution in [0.4, 0.5) is 16.2 Å². The third-order valence-corrected chi connectivity index (χ3v) is 5.86. The molecule has 4 atom stereocenters. The summed E-state index contributed by atoms with van der Waals surface area (Å²) in [6, 6.07) is 12.2. The Labute approximate surface area is 198 Å². The second kappa shape index (κ2) is 10.1. The van der Waals surface area contributed by atoms with Gasteiger partial charge in [-0.2, -0.15) is 0 Å². The smallest absolute Gasteiger partial charge is 0.319 e. The molecule has 1 aliphatic rings. The maximum atomic E-state index is 12.7. The fourth-order valence-corrected chi connectivity index (χ4v) is 3.66. The molecule has 1 aliphatic heterocycles. The van der Waals surface area contributed by atoms with Crippen molar-refractivity contribution < 1.29 is 24.9 Å². The zero-order chi connectivity index (χ0) is 24.3. The predicted octanol–water partition coefficient (Wildman–Crippen LogP) is 3.28. The zero-order valence-corrected chi connectivity index (χ0v) is 19.6. The van der Waals surface area contributed by atoms with E-state index < -0.39 is 36.1 Å². The van der Waals surface area contributed by atoms with Gasteiger partial charge >= 0.3 is 6.03 Å². The Kier molecular flexibility index (Phi) is 7.66. The number of carbonyl (C=O) groups excluding carboxylic acids is 1. The first-order chi connectivity index (χ1) is 15.5. The molecule has 33 heavy (non-hydrogen) atoms. The molecule has 8 nitrogen and oxygen atoms in total. The van der Waals surface area contributed by atoms with Crippen LogP contribution in [0.3, 0.4) is 0 Å². The fraction of sp³-hybridized carbons (Fsp3) is 0.375. The van der Waals surface area contributed by atoms with Crippen LogP contribution in [0.2, 0.25) is 5.02 Å². The maximum absolute atomic E-state index is 12.7. The van der Waals surface area contributed by atoms with Crippen molar-refractivity contribution in [1.29, 1.82) is 0 Å². The summed E-state index contributed by atoms with van der Waals surface area (Å²) in [5, 5.41) is 38.6. The summed E-state index contributed by atoms with van der Waals surface area (Å²) >= 11 is 6.24. The number of hydrogen-bond donors (Lipinski definition) is 6. The Morgan fingerprint density at radius 1 is 1.15 bits per heavy atom. The second-order valence-corrected chi connectivity index (χ2v) is 9.11. The third kappa shape index (κ3) is 6.04. The SMILES string of the molecule is C=C(C)c1cccc(C(C)(C)NC(=O)Nc2ccc(Cl)c(N[C@@H]3OC[C@@H](O)[C@@H](O)[C@H]3O)c2)c1. The summed E-state index contributed by atoms with van der Waals surface area (Å²) in [5.74, 6) is 0. The van der Waals surface area contributed by atoms with Gasteiger partial charge in [-0.3, -0.25) is 0 Å². The molecule has 6 N–H and O–H groups in total. The number of benzene rings is 2. The minimum atomic E-state index is -1.36. The highest BCUT2D eigenvalue weighted by Crippen LogP contribution is 2.29. The molecule has 0 radical (unpaired) electrons. The van der Waals surface area contributed by atoms with E-state index in [9.17, 15) is 20.1 Å². The molecular formula is C24H30ClN3O5. The largest absolute Gasteiger partial charge is 0.388 e. The average molecular weight is 476 g/mol. The van der Waals surface area contributed by atoms with Gasteiger partial charge in [0, 0.05) is 5.69 Å². The molecule has 2 amide bonds. The van der Waals surface area contributed by atoms with E-state index in [2.05, 4.69) is 22.5 Å². The van der Waals surface area contributed by atoms with E-state index in [0.29, 0.717) is 16.4 Å². The van der Waals surface area contributed by atoms with Gasteiger partial charge in [0.15, 0.2) is 6.23 Å². The van der Waals surface area contributed by atoms with Gasteiger partial charge in [0.2, 0.25) is 0 Å². The standard InChI is InChI=1S/C24H30ClN3O5/c1-13(2)14-6-5-7-15(10-14)24(3,4)28-23(32)26-16-8-9-17(25)18(11-16)27-22-21(31)20(30)19(29)12-33-22/h5-11,19-22,27,29-31H,1,12H2,2-4H3,(H2,26,28,32)/t19-,20-,21-,22-/m1/s1. The molecule has 0 saturated carbocycles. The van der Waals surface area contributed by atoms with Crippen molar-refractivity contribution in [2.45, 2.75) is 50.8 Å². The van der Waals surface area contributed by atoms with Gasteiger partial charge in [-0.1, -0.05) is 42.0 Å². The normalized spacial score (nSPS) is 23.0. The summed E-state index contributed by atoms with van der Waals surface area (Å²) in [4.78, 5) is 12.7. The van der Waals surface area contributed by atoms with Crippen LogP contribution in [0.5, 0.6) is 0 Å². The molecular weight excluding hydrogens is 446 g/mol. The quantitative estimate of drug-likeness (QED) is 0.381. The van der Waals surface area contributed by atoms with Gasteiger partial charge in [-0.25, -0.2) is 4.79 Å². The van der Waals surface area contributed by atoms with Crippen LogP contribution < -0.4 is 16.0 Å². The van der Waals surface area contributed by atoms with Gasteiger partial charge in [-0.05, 0) is 56.2 Å².